The predicted octanol–water partition coefficient (Wildman–Crippen LogP) is 4.87. The van der Waals surface area contributed by atoms with E-state index in [9.17, 15) is 13.2 Å². The molecule has 0 aromatic carbocycles. The number of alkyl halides is 3. The van der Waals surface area contributed by atoms with Crippen LogP contribution in [0.4, 0.5) is 19.0 Å². The van der Waals surface area contributed by atoms with Crippen LogP contribution in [0.3, 0.4) is 0 Å². The SMILES string of the molecule is Cc1c(Cl)cc(OC2CCCCC2)nc1N1CCC(OC(F)(F)F)C1. The lowest BCUT2D eigenvalue weighted by atomic mass is 9.98. The van der Waals surface area contributed by atoms with Crippen LogP contribution in [-0.4, -0.2) is 36.6 Å². The van der Waals surface area contributed by atoms with Gasteiger partial charge in [0.25, 0.3) is 0 Å². The molecule has 1 saturated carbocycles. The summed E-state index contributed by atoms with van der Waals surface area (Å²) >= 11 is 6.30. The van der Waals surface area contributed by atoms with Crippen molar-refractivity contribution in [1.29, 1.82) is 0 Å². The third-order valence-electron chi connectivity index (χ3n) is 4.74. The van der Waals surface area contributed by atoms with Crippen LogP contribution in [0.1, 0.15) is 44.1 Å². The van der Waals surface area contributed by atoms with Crippen LogP contribution < -0.4 is 9.64 Å². The van der Waals surface area contributed by atoms with Gasteiger partial charge in [-0.15, -0.1) is 13.2 Å². The van der Waals surface area contributed by atoms with E-state index in [1.165, 1.54) is 6.42 Å². The number of aromatic nitrogens is 1. The highest BCUT2D eigenvalue weighted by molar-refractivity contribution is 6.31. The minimum atomic E-state index is -4.62. The van der Waals surface area contributed by atoms with Gasteiger partial charge >= 0.3 is 6.36 Å². The Morgan fingerprint density at radius 3 is 2.56 bits per heavy atom. The molecule has 1 unspecified atom stereocenters. The maximum atomic E-state index is 12.4. The molecule has 0 N–H and O–H groups in total. The molecule has 2 aliphatic rings. The van der Waals surface area contributed by atoms with Gasteiger partial charge in [-0.3, -0.25) is 4.74 Å². The van der Waals surface area contributed by atoms with E-state index < -0.39 is 12.5 Å². The summed E-state index contributed by atoms with van der Waals surface area (Å²) in [5.74, 6) is 1.02. The molecule has 1 aromatic rings. The molecule has 0 spiro atoms. The highest BCUT2D eigenvalue weighted by Gasteiger charge is 2.37. The van der Waals surface area contributed by atoms with Gasteiger partial charge in [0.2, 0.25) is 5.88 Å². The summed E-state index contributed by atoms with van der Waals surface area (Å²) in [5.41, 5.74) is 0.741. The van der Waals surface area contributed by atoms with Crippen LogP contribution in [0.2, 0.25) is 5.02 Å². The van der Waals surface area contributed by atoms with Gasteiger partial charge in [-0.2, -0.15) is 4.98 Å². The van der Waals surface area contributed by atoms with Crippen LogP contribution in [0, 0.1) is 6.92 Å². The zero-order valence-electron chi connectivity index (χ0n) is 14.1. The van der Waals surface area contributed by atoms with Crippen molar-refractivity contribution in [2.75, 3.05) is 18.0 Å². The van der Waals surface area contributed by atoms with E-state index in [2.05, 4.69) is 9.72 Å². The molecule has 0 radical (unpaired) electrons. The second-order valence-electron chi connectivity index (χ2n) is 6.69. The van der Waals surface area contributed by atoms with Crippen LogP contribution in [0.5, 0.6) is 5.88 Å². The van der Waals surface area contributed by atoms with Crippen molar-refractivity contribution in [2.24, 2.45) is 0 Å². The second-order valence-corrected chi connectivity index (χ2v) is 7.10. The molecule has 1 aromatic heterocycles. The number of ether oxygens (including phenoxy) is 2. The number of hydrogen-bond donors (Lipinski definition) is 0. The monoisotopic (exact) mass is 378 g/mol. The summed E-state index contributed by atoms with van der Waals surface area (Å²) in [6.07, 6.45) is 0.414. The van der Waals surface area contributed by atoms with Crippen molar-refractivity contribution in [3.63, 3.8) is 0 Å². The van der Waals surface area contributed by atoms with E-state index in [-0.39, 0.29) is 12.6 Å². The zero-order valence-corrected chi connectivity index (χ0v) is 14.9. The molecule has 4 nitrogen and oxygen atoms in total. The van der Waals surface area contributed by atoms with Crippen molar-refractivity contribution < 1.29 is 22.6 Å². The molecule has 0 amide bonds. The maximum Gasteiger partial charge on any atom is 0.522 e. The number of rotatable bonds is 4. The molecular formula is C17H22ClF3N2O2. The first-order chi connectivity index (χ1) is 11.8. The Kier molecular flexibility index (Phi) is 5.63. The molecule has 2 heterocycles. The summed E-state index contributed by atoms with van der Waals surface area (Å²) in [7, 11) is 0. The number of anilines is 1. The molecule has 0 bridgehead atoms. The fraction of sp³-hybridized carbons (Fsp3) is 0.706. The number of halogens is 4. The van der Waals surface area contributed by atoms with E-state index in [0.717, 1.165) is 31.2 Å². The highest BCUT2D eigenvalue weighted by Crippen LogP contribution is 2.33. The molecule has 25 heavy (non-hydrogen) atoms. The largest absolute Gasteiger partial charge is 0.522 e. The Balaban J connectivity index is 1.72. The van der Waals surface area contributed by atoms with E-state index in [1.54, 1.807) is 11.0 Å². The molecule has 1 aliphatic carbocycles. The minimum Gasteiger partial charge on any atom is -0.474 e. The van der Waals surface area contributed by atoms with Crippen molar-refractivity contribution in [2.45, 2.75) is 64.0 Å². The fourth-order valence-electron chi connectivity index (χ4n) is 3.47. The summed E-state index contributed by atoms with van der Waals surface area (Å²) in [6.45, 7) is 2.39. The van der Waals surface area contributed by atoms with Crippen LogP contribution >= 0.6 is 11.6 Å². The van der Waals surface area contributed by atoms with Crippen molar-refractivity contribution in [1.82, 2.24) is 4.98 Å². The molecule has 1 atom stereocenters. The van der Waals surface area contributed by atoms with E-state index >= 15 is 0 Å². The van der Waals surface area contributed by atoms with E-state index in [0.29, 0.717) is 29.7 Å². The quantitative estimate of drug-likeness (QED) is 0.748. The standard InChI is InChI=1S/C17H22ClF3N2O2/c1-11-14(18)9-15(24-12-5-3-2-4-6-12)22-16(11)23-8-7-13(10-23)25-17(19,20)21/h9,12-13H,2-8,10H2,1H3. The first-order valence-electron chi connectivity index (χ1n) is 8.65. The number of pyridine rings is 1. The Morgan fingerprint density at radius 1 is 1.16 bits per heavy atom. The lowest BCUT2D eigenvalue weighted by Gasteiger charge is -2.25. The lowest BCUT2D eigenvalue weighted by Crippen LogP contribution is -2.29. The van der Waals surface area contributed by atoms with Gasteiger partial charge in [0.15, 0.2) is 0 Å². The van der Waals surface area contributed by atoms with Crippen molar-refractivity contribution >= 4 is 17.4 Å². The summed E-state index contributed by atoms with van der Waals surface area (Å²) in [5, 5.41) is 0.510. The van der Waals surface area contributed by atoms with E-state index in [1.807, 2.05) is 6.92 Å². The van der Waals surface area contributed by atoms with Gasteiger partial charge in [-0.25, -0.2) is 0 Å². The lowest BCUT2D eigenvalue weighted by molar-refractivity contribution is -0.339. The third-order valence-corrected chi connectivity index (χ3v) is 5.14. The fourth-order valence-corrected chi connectivity index (χ4v) is 3.65. The molecule has 1 saturated heterocycles. The third kappa shape index (κ3) is 4.91. The summed E-state index contributed by atoms with van der Waals surface area (Å²) in [4.78, 5) is 6.31. The van der Waals surface area contributed by atoms with Crippen LogP contribution in [-0.2, 0) is 4.74 Å². The minimum absolute atomic E-state index is 0.132. The molecule has 2 fully saturated rings. The second kappa shape index (κ2) is 7.58. The van der Waals surface area contributed by atoms with Crippen LogP contribution in [0.15, 0.2) is 6.07 Å². The average Bonchev–Trinajstić information content (AvgIpc) is 2.98. The maximum absolute atomic E-state index is 12.4. The Labute approximate surface area is 150 Å². The summed E-state index contributed by atoms with van der Waals surface area (Å²) < 4.78 is 47.3. The predicted molar refractivity (Wildman–Crippen MR) is 89.2 cm³/mol. The van der Waals surface area contributed by atoms with Crippen molar-refractivity contribution in [3.05, 3.63) is 16.7 Å². The van der Waals surface area contributed by atoms with Gasteiger partial charge in [0, 0.05) is 24.7 Å². The Hall–Kier alpha value is -1.21. The number of nitrogens with zero attached hydrogens (tertiary/aromatic N) is 2. The smallest absolute Gasteiger partial charge is 0.474 e. The first kappa shape index (κ1) is 18.6. The first-order valence-corrected chi connectivity index (χ1v) is 9.03. The summed E-state index contributed by atoms with van der Waals surface area (Å²) in [6, 6.07) is 1.69. The molecule has 3 rings (SSSR count). The van der Waals surface area contributed by atoms with Gasteiger partial charge in [-0.05, 0) is 39.0 Å². The van der Waals surface area contributed by atoms with Crippen LogP contribution in [0.25, 0.3) is 0 Å². The number of hydrogen-bond acceptors (Lipinski definition) is 4. The Bertz CT molecular complexity index is 606. The highest BCUT2D eigenvalue weighted by atomic mass is 35.5. The van der Waals surface area contributed by atoms with Gasteiger partial charge in [0.1, 0.15) is 11.9 Å². The topological polar surface area (TPSA) is 34.6 Å². The van der Waals surface area contributed by atoms with Gasteiger partial charge in [-0.1, -0.05) is 18.0 Å². The molecule has 1 aliphatic heterocycles. The molecular weight excluding hydrogens is 357 g/mol. The molecule has 8 heteroatoms. The average molecular weight is 379 g/mol. The normalized spacial score (nSPS) is 22.4. The Morgan fingerprint density at radius 2 is 1.88 bits per heavy atom. The van der Waals surface area contributed by atoms with Gasteiger partial charge in [0.05, 0.1) is 11.1 Å². The molecule has 140 valence electrons. The van der Waals surface area contributed by atoms with Crippen molar-refractivity contribution in [3.8, 4) is 5.88 Å². The van der Waals surface area contributed by atoms with E-state index in [4.69, 9.17) is 16.3 Å². The zero-order chi connectivity index (χ0) is 18.0. The van der Waals surface area contributed by atoms with Gasteiger partial charge < -0.3 is 9.64 Å².